The molecule has 1 rings (SSSR count). The number of hydrogen-bond acceptors (Lipinski definition) is 5. The topological polar surface area (TPSA) is 83.8 Å². The summed E-state index contributed by atoms with van der Waals surface area (Å²) in [4.78, 5) is 24.9. The van der Waals surface area contributed by atoms with E-state index in [2.05, 4.69) is 6.92 Å². The number of carbonyl (C=O) groups excluding carboxylic acids is 2. The van der Waals surface area contributed by atoms with Crippen molar-refractivity contribution in [3.8, 4) is 0 Å². The van der Waals surface area contributed by atoms with Crippen LogP contribution >= 0.6 is 0 Å². The van der Waals surface area contributed by atoms with Gasteiger partial charge < -0.3 is 14.9 Å². The van der Waals surface area contributed by atoms with Gasteiger partial charge >= 0.3 is 5.97 Å². The Kier molecular flexibility index (Phi) is 8.55. The molecule has 1 saturated heterocycles. The van der Waals surface area contributed by atoms with Crippen molar-refractivity contribution >= 4 is 11.8 Å². The number of esters is 1. The molecule has 1 heterocycles. The molecule has 0 bridgehead atoms. The first-order valence-corrected chi connectivity index (χ1v) is 9.69. The van der Waals surface area contributed by atoms with Crippen LogP contribution in [0.25, 0.3) is 0 Å². The number of ether oxygens (including phenoxy) is 1. The minimum Gasteiger partial charge on any atom is -0.462 e. The van der Waals surface area contributed by atoms with Crippen molar-refractivity contribution in [3.63, 3.8) is 0 Å². The van der Waals surface area contributed by atoms with Crippen LogP contribution in [0.3, 0.4) is 0 Å². The van der Waals surface area contributed by atoms with Gasteiger partial charge in [0.25, 0.3) is 0 Å². The van der Waals surface area contributed by atoms with E-state index >= 15 is 0 Å². The van der Waals surface area contributed by atoms with Crippen molar-refractivity contribution in [3.05, 3.63) is 0 Å². The SMILES string of the molecule is CCC1OC(=O)C(C)C(O)C(C)CC(C)CCC(=O)C(C)C(O)C1C. The minimum absolute atomic E-state index is 0.0453. The van der Waals surface area contributed by atoms with E-state index in [-0.39, 0.29) is 23.5 Å². The third kappa shape index (κ3) is 5.78. The van der Waals surface area contributed by atoms with Gasteiger partial charge in [0.2, 0.25) is 0 Å². The molecule has 0 radical (unpaired) electrons. The van der Waals surface area contributed by atoms with Gasteiger partial charge in [0.1, 0.15) is 11.9 Å². The fourth-order valence-electron chi connectivity index (χ4n) is 3.83. The smallest absolute Gasteiger partial charge is 0.311 e. The van der Waals surface area contributed by atoms with E-state index in [0.717, 1.165) is 12.8 Å². The normalized spacial score (nSPS) is 42.6. The molecule has 1 aliphatic rings. The van der Waals surface area contributed by atoms with Gasteiger partial charge in [-0.25, -0.2) is 0 Å². The van der Waals surface area contributed by atoms with E-state index in [1.807, 2.05) is 20.8 Å². The average Bonchev–Trinajstić information content (AvgIpc) is 2.59. The van der Waals surface area contributed by atoms with E-state index in [0.29, 0.717) is 12.8 Å². The fraction of sp³-hybridized carbons (Fsp3) is 0.900. The lowest BCUT2D eigenvalue weighted by atomic mass is 9.81. The summed E-state index contributed by atoms with van der Waals surface area (Å²) in [6, 6.07) is 0. The third-order valence-corrected chi connectivity index (χ3v) is 5.94. The molecule has 8 unspecified atom stereocenters. The Bertz CT molecular complexity index is 449. The van der Waals surface area contributed by atoms with Crippen LogP contribution in [0, 0.1) is 29.6 Å². The Balaban J connectivity index is 3.05. The molecule has 1 aliphatic heterocycles. The standard InChI is InChI=1S/C20H36O5/c1-7-17-14(5)19(23)13(4)16(21)9-8-11(2)10-12(3)18(22)15(6)20(24)25-17/h11-15,17-19,22-23H,7-10H2,1-6H3. The van der Waals surface area contributed by atoms with Gasteiger partial charge in [-0.2, -0.15) is 0 Å². The zero-order valence-electron chi connectivity index (χ0n) is 16.6. The van der Waals surface area contributed by atoms with E-state index in [1.54, 1.807) is 13.8 Å². The number of aliphatic hydroxyl groups is 2. The van der Waals surface area contributed by atoms with Gasteiger partial charge in [-0.15, -0.1) is 0 Å². The van der Waals surface area contributed by atoms with Crippen LogP contribution < -0.4 is 0 Å². The first-order valence-electron chi connectivity index (χ1n) is 9.69. The molecule has 0 saturated carbocycles. The molecule has 1 fully saturated rings. The van der Waals surface area contributed by atoms with E-state index in [9.17, 15) is 19.8 Å². The van der Waals surface area contributed by atoms with Gasteiger partial charge in [0.15, 0.2) is 0 Å². The lowest BCUT2D eigenvalue weighted by Gasteiger charge is -2.33. The molecular weight excluding hydrogens is 320 g/mol. The van der Waals surface area contributed by atoms with Crippen LogP contribution in [0.2, 0.25) is 0 Å². The summed E-state index contributed by atoms with van der Waals surface area (Å²) in [6.45, 7) is 11.1. The summed E-state index contributed by atoms with van der Waals surface area (Å²) in [5.41, 5.74) is 0. The van der Waals surface area contributed by atoms with Gasteiger partial charge in [-0.1, -0.05) is 34.6 Å². The quantitative estimate of drug-likeness (QED) is 0.706. The molecule has 25 heavy (non-hydrogen) atoms. The Morgan fingerprint density at radius 2 is 1.60 bits per heavy atom. The van der Waals surface area contributed by atoms with Gasteiger partial charge in [0, 0.05) is 18.3 Å². The lowest BCUT2D eigenvalue weighted by Crippen LogP contribution is -2.42. The first-order chi connectivity index (χ1) is 11.6. The molecule has 0 spiro atoms. The van der Waals surface area contributed by atoms with Crippen LogP contribution in [0.1, 0.15) is 67.2 Å². The fourth-order valence-corrected chi connectivity index (χ4v) is 3.83. The predicted molar refractivity (Wildman–Crippen MR) is 96.9 cm³/mol. The highest BCUT2D eigenvalue weighted by atomic mass is 16.5. The number of carbonyl (C=O) groups is 2. The summed E-state index contributed by atoms with van der Waals surface area (Å²) in [7, 11) is 0. The molecule has 146 valence electrons. The van der Waals surface area contributed by atoms with Crippen LogP contribution in [-0.4, -0.2) is 40.3 Å². The number of hydrogen-bond donors (Lipinski definition) is 2. The number of rotatable bonds is 1. The summed E-state index contributed by atoms with van der Waals surface area (Å²) in [6.07, 6.45) is 0.382. The highest BCUT2D eigenvalue weighted by Gasteiger charge is 2.36. The summed E-state index contributed by atoms with van der Waals surface area (Å²) >= 11 is 0. The van der Waals surface area contributed by atoms with Crippen LogP contribution in [0.5, 0.6) is 0 Å². The molecule has 0 aromatic rings. The number of cyclic esters (lactones) is 1. The maximum atomic E-state index is 12.5. The van der Waals surface area contributed by atoms with Crippen LogP contribution in [0.4, 0.5) is 0 Å². The van der Waals surface area contributed by atoms with Gasteiger partial charge in [0.05, 0.1) is 18.1 Å². The molecule has 5 heteroatoms. The first kappa shape index (κ1) is 22.1. The Labute approximate surface area is 152 Å². The number of aliphatic hydroxyl groups excluding tert-OH is 2. The maximum Gasteiger partial charge on any atom is 0.311 e. The second-order valence-corrected chi connectivity index (χ2v) is 8.12. The second-order valence-electron chi connectivity index (χ2n) is 8.12. The monoisotopic (exact) mass is 356 g/mol. The summed E-state index contributed by atoms with van der Waals surface area (Å²) in [5.74, 6) is -1.59. The second kappa shape index (κ2) is 9.67. The molecule has 0 aromatic carbocycles. The summed E-state index contributed by atoms with van der Waals surface area (Å²) < 4.78 is 5.60. The van der Waals surface area contributed by atoms with Gasteiger partial charge in [-0.05, 0) is 38.0 Å². The Morgan fingerprint density at radius 1 is 1.00 bits per heavy atom. The maximum absolute atomic E-state index is 12.5. The minimum atomic E-state index is -0.845. The van der Waals surface area contributed by atoms with Crippen LogP contribution in [0.15, 0.2) is 0 Å². The third-order valence-electron chi connectivity index (χ3n) is 5.94. The largest absolute Gasteiger partial charge is 0.462 e. The average molecular weight is 357 g/mol. The molecule has 8 atom stereocenters. The lowest BCUT2D eigenvalue weighted by molar-refractivity contribution is -0.164. The molecule has 5 nitrogen and oxygen atoms in total. The van der Waals surface area contributed by atoms with Crippen LogP contribution in [-0.2, 0) is 14.3 Å². The van der Waals surface area contributed by atoms with Crippen molar-refractivity contribution in [1.29, 1.82) is 0 Å². The molecule has 0 aliphatic carbocycles. The van der Waals surface area contributed by atoms with E-state index in [4.69, 9.17) is 4.74 Å². The molecular formula is C20H36O5. The summed E-state index contributed by atoms with van der Waals surface area (Å²) in [5, 5.41) is 21.1. The predicted octanol–water partition coefficient (Wildman–Crippen LogP) is 2.96. The van der Waals surface area contributed by atoms with Crippen molar-refractivity contribution < 1.29 is 24.5 Å². The molecule has 0 aromatic heterocycles. The molecule has 0 amide bonds. The van der Waals surface area contributed by atoms with Crippen molar-refractivity contribution in [2.45, 2.75) is 85.5 Å². The highest BCUT2D eigenvalue weighted by molar-refractivity contribution is 5.81. The van der Waals surface area contributed by atoms with Gasteiger partial charge in [-0.3, -0.25) is 9.59 Å². The Morgan fingerprint density at radius 3 is 2.16 bits per heavy atom. The van der Waals surface area contributed by atoms with E-state index < -0.39 is 36.1 Å². The van der Waals surface area contributed by atoms with E-state index in [1.165, 1.54) is 0 Å². The highest BCUT2D eigenvalue weighted by Crippen LogP contribution is 2.28. The zero-order valence-corrected chi connectivity index (χ0v) is 16.6. The Hall–Kier alpha value is -0.940. The molecule has 2 N–H and O–H groups in total. The van der Waals surface area contributed by atoms with Crippen molar-refractivity contribution in [1.82, 2.24) is 0 Å². The van der Waals surface area contributed by atoms with Crippen molar-refractivity contribution in [2.75, 3.05) is 0 Å². The number of Topliss-reactive ketones (excluding diaryl/α,β-unsaturated/α-hetero) is 1. The number of ketones is 1. The zero-order chi connectivity index (χ0) is 19.3. The van der Waals surface area contributed by atoms with Crippen molar-refractivity contribution in [2.24, 2.45) is 29.6 Å².